The van der Waals surface area contributed by atoms with Crippen molar-refractivity contribution in [3.05, 3.63) is 52.3 Å². The first-order valence-corrected chi connectivity index (χ1v) is 6.79. The van der Waals surface area contributed by atoms with E-state index < -0.39 is 4.92 Å². The highest BCUT2D eigenvalue weighted by atomic mass is 16.6. The molecular formula is C14H18N4O3. The maximum atomic E-state index is 11.1. The van der Waals surface area contributed by atoms with E-state index in [4.69, 9.17) is 4.74 Å². The zero-order valence-electron chi connectivity index (χ0n) is 11.9. The van der Waals surface area contributed by atoms with Crippen LogP contribution in [0.15, 0.2) is 36.7 Å². The molecule has 7 heteroatoms. The molecule has 0 atom stereocenters. The van der Waals surface area contributed by atoms with E-state index in [-0.39, 0.29) is 11.4 Å². The molecule has 0 radical (unpaired) electrons. The van der Waals surface area contributed by atoms with Gasteiger partial charge < -0.3 is 10.1 Å². The van der Waals surface area contributed by atoms with Gasteiger partial charge in [-0.2, -0.15) is 5.10 Å². The van der Waals surface area contributed by atoms with Crippen LogP contribution in [-0.4, -0.2) is 27.9 Å². The van der Waals surface area contributed by atoms with Crippen molar-refractivity contribution in [2.75, 3.05) is 13.2 Å². The number of ether oxygens (including phenoxy) is 1. The second-order valence-electron chi connectivity index (χ2n) is 4.46. The number of hydrogen-bond acceptors (Lipinski definition) is 5. The van der Waals surface area contributed by atoms with E-state index in [0.29, 0.717) is 19.7 Å². The maximum Gasteiger partial charge on any atom is 0.311 e. The largest absolute Gasteiger partial charge is 0.485 e. The molecule has 0 spiro atoms. The van der Waals surface area contributed by atoms with Crippen LogP contribution in [0.3, 0.4) is 0 Å². The van der Waals surface area contributed by atoms with Gasteiger partial charge in [-0.05, 0) is 24.2 Å². The van der Waals surface area contributed by atoms with Crippen LogP contribution in [0.5, 0.6) is 5.75 Å². The van der Waals surface area contributed by atoms with Gasteiger partial charge in [0.25, 0.3) is 0 Å². The van der Waals surface area contributed by atoms with E-state index in [2.05, 4.69) is 10.4 Å². The average molecular weight is 290 g/mol. The predicted molar refractivity (Wildman–Crippen MR) is 78.2 cm³/mol. The lowest BCUT2D eigenvalue weighted by molar-refractivity contribution is -0.385. The molecule has 0 saturated carbocycles. The topological polar surface area (TPSA) is 82.2 Å². The van der Waals surface area contributed by atoms with Crippen molar-refractivity contribution >= 4 is 5.69 Å². The van der Waals surface area contributed by atoms with Crippen molar-refractivity contribution in [1.29, 1.82) is 0 Å². The molecule has 1 N–H and O–H groups in total. The number of nitro groups is 1. The zero-order chi connectivity index (χ0) is 15.1. The van der Waals surface area contributed by atoms with Gasteiger partial charge in [-0.15, -0.1) is 0 Å². The van der Waals surface area contributed by atoms with Crippen LogP contribution in [0.25, 0.3) is 0 Å². The lowest BCUT2D eigenvalue weighted by atomic mass is 10.2. The van der Waals surface area contributed by atoms with E-state index in [9.17, 15) is 10.1 Å². The van der Waals surface area contributed by atoms with Crippen molar-refractivity contribution in [2.24, 2.45) is 0 Å². The minimum atomic E-state index is -0.418. The Morgan fingerprint density at radius 2 is 2.33 bits per heavy atom. The Hall–Kier alpha value is -2.41. The Kier molecular flexibility index (Phi) is 5.28. The molecule has 21 heavy (non-hydrogen) atoms. The van der Waals surface area contributed by atoms with Crippen LogP contribution in [-0.2, 0) is 13.1 Å². The first-order valence-electron chi connectivity index (χ1n) is 6.79. The summed E-state index contributed by atoms with van der Waals surface area (Å²) in [5.41, 5.74) is 0.855. The molecular weight excluding hydrogens is 272 g/mol. The molecule has 0 unspecified atom stereocenters. The fourth-order valence-corrected chi connectivity index (χ4v) is 1.89. The van der Waals surface area contributed by atoms with E-state index in [1.807, 2.05) is 25.3 Å². The highest BCUT2D eigenvalue weighted by Gasteiger charge is 2.15. The smallest absolute Gasteiger partial charge is 0.311 e. The first-order chi connectivity index (χ1) is 10.2. The third-order valence-corrected chi connectivity index (χ3v) is 2.94. The van der Waals surface area contributed by atoms with E-state index >= 15 is 0 Å². The summed E-state index contributed by atoms with van der Waals surface area (Å²) >= 11 is 0. The van der Waals surface area contributed by atoms with Crippen LogP contribution < -0.4 is 10.1 Å². The molecule has 0 saturated heterocycles. The molecule has 0 aliphatic rings. The molecule has 1 aromatic heterocycles. The fourth-order valence-electron chi connectivity index (χ4n) is 1.89. The summed E-state index contributed by atoms with van der Waals surface area (Å²) in [6.07, 6.45) is 3.50. The Morgan fingerprint density at radius 3 is 3.00 bits per heavy atom. The van der Waals surface area contributed by atoms with Crippen molar-refractivity contribution in [1.82, 2.24) is 15.1 Å². The van der Waals surface area contributed by atoms with Crippen LogP contribution in [0, 0.1) is 10.1 Å². The van der Waals surface area contributed by atoms with E-state index in [0.717, 1.165) is 12.1 Å². The second kappa shape index (κ2) is 7.39. The summed E-state index contributed by atoms with van der Waals surface area (Å²) in [5.74, 6) is 0.285. The highest BCUT2D eigenvalue weighted by molar-refractivity contribution is 5.48. The number of nitrogens with zero attached hydrogens (tertiary/aromatic N) is 3. The monoisotopic (exact) mass is 290 g/mol. The average Bonchev–Trinajstić information content (AvgIpc) is 2.99. The van der Waals surface area contributed by atoms with Crippen LogP contribution >= 0.6 is 0 Å². The lowest BCUT2D eigenvalue weighted by Gasteiger charge is -2.09. The minimum absolute atomic E-state index is 0.00846. The number of benzene rings is 1. The van der Waals surface area contributed by atoms with Gasteiger partial charge in [-0.3, -0.25) is 14.8 Å². The molecule has 2 rings (SSSR count). The maximum absolute atomic E-state index is 11.1. The van der Waals surface area contributed by atoms with Gasteiger partial charge in [0.05, 0.1) is 11.5 Å². The quantitative estimate of drug-likeness (QED) is 0.594. The lowest BCUT2D eigenvalue weighted by Crippen LogP contribution is -2.12. The third-order valence-electron chi connectivity index (χ3n) is 2.94. The van der Waals surface area contributed by atoms with Gasteiger partial charge in [0.1, 0.15) is 6.61 Å². The van der Waals surface area contributed by atoms with Gasteiger partial charge in [0.2, 0.25) is 0 Å². The van der Waals surface area contributed by atoms with Crippen molar-refractivity contribution < 1.29 is 9.66 Å². The summed E-state index contributed by atoms with van der Waals surface area (Å²) in [6, 6.07) is 6.84. The second-order valence-corrected chi connectivity index (χ2v) is 4.46. The van der Waals surface area contributed by atoms with Crippen molar-refractivity contribution in [3.63, 3.8) is 0 Å². The Balaban J connectivity index is 2.01. The Labute approximate surface area is 122 Å². The van der Waals surface area contributed by atoms with Gasteiger partial charge in [0, 0.05) is 25.0 Å². The number of rotatable bonds is 8. The molecule has 0 fully saturated rings. The van der Waals surface area contributed by atoms with Crippen molar-refractivity contribution in [3.8, 4) is 5.75 Å². The first kappa shape index (κ1) is 15.0. The van der Waals surface area contributed by atoms with Gasteiger partial charge >= 0.3 is 5.69 Å². The Bertz CT molecular complexity index is 584. The van der Waals surface area contributed by atoms with Gasteiger partial charge in [-0.25, -0.2) is 0 Å². The number of aromatic nitrogens is 2. The summed E-state index contributed by atoms with van der Waals surface area (Å²) in [6.45, 7) is 4.28. The molecule has 0 aliphatic carbocycles. The van der Waals surface area contributed by atoms with Gasteiger partial charge in [-0.1, -0.05) is 13.0 Å². The zero-order valence-corrected chi connectivity index (χ0v) is 11.9. The SMILES string of the molecule is CCNCc1ccc(OCCn2cccn2)c([N+](=O)[O-])c1. The molecule has 7 nitrogen and oxygen atoms in total. The van der Waals surface area contributed by atoms with Crippen LogP contribution in [0.4, 0.5) is 5.69 Å². The van der Waals surface area contributed by atoms with Crippen molar-refractivity contribution in [2.45, 2.75) is 20.0 Å². The fraction of sp³-hybridized carbons (Fsp3) is 0.357. The minimum Gasteiger partial charge on any atom is -0.485 e. The third kappa shape index (κ3) is 4.28. The molecule has 0 aliphatic heterocycles. The molecule has 1 aromatic carbocycles. The highest BCUT2D eigenvalue weighted by Crippen LogP contribution is 2.28. The Morgan fingerprint density at radius 1 is 1.48 bits per heavy atom. The number of nitro benzene ring substituents is 1. The summed E-state index contributed by atoms with van der Waals surface area (Å²) < 4.78 is 7.22. The molecule has 112 valence electrons. The molecule has 0 bridgehead atoms. The van der Waals surface area contributed by atoms with Crippen LogP contribution in [0.1, 0.15) is 12.5 Å². The van der Waals surface area contributed by atoms with E-state index in [1.165, 1.54) is 0 Å². The summed E-state index contributed by atoms with van der Waals surface area (Å²) in [4.78, 5) is 10.7. The summed E-state index contributed by atoms with van der Waals surface area (Å²) in [7, 11) is 0. The van der Waals surface area contributed by atoms with E-state index in [1.54, 1.807) is 23.0 Å². The normalized spacial score (nSPS) is 10.5. The van der Waals surface area contributed by atoms with Gasteiger partial charge in [0.15, 0.2) is 5.75 Å². The number of nitrogens with one attached hydrogen (secondary N) is 1. The molecule has 2 aromatic rings. The number of hydrogen-bond donors (Lipinski definition) is 1. The van der Waals surface area contributed by atoms with Crippen LogP contribution in [0.2, 0.25) is 0 Å². The molecule has 1 heterocycles. The summed E-state index contributed by atoms with van der Waals surface area (Å²) in [5, 5.41) is 18.3. The standard InChI is InChI=1S/C14H18N4O3/c1-2-15-11-12-4-5-14(13(10-12)18(19)20)21-9-8-17-7-3-6-16-17/h3-7,10,15H,2,8-9,11H2,1H3. The predicted octanol–water partition coefficient (Wildman–Crippen LogP) is 1.98. The molecule has 0 amide bonds.